The van der Waals surface area contributed by atoms with Crippen LogP contribution in [0.3, 0.4) is 0 Å². The average molecular weight is 403 g/mol. The van der Waals surface area contributed by atoms with Crippen molar-refractivity contribution in [3.8, 4) is 17.6 Å². The molecule has 1 saturated carbocycles. The Morgan fingerprint density at radius 2 is 1.66 bits per heavy atom. The molecule has 1 fully saturated rings. The fourth-order valence-electron chi connectivity index (χ4n) is 3.35. The van der Waals surface area contributed by atoms with Gasteiger partial charge in [-0.15, -0.1) is 0 Å². The van der Waals surface area contributed by atoms with Crippen LogP contribution >= 0.6 is 0 Å². The molecule has 152 valence electrons. The van der Waals surface area contributed by atoms with Crippen molar-refractivity contribution in [3.05, 3.63) is 58.9 Å². The number of hydrogen-bond acceptors (Lipinski definition) is 4. The van der Waals surface area contributed by atoms with Gasteiger partial charge in [-0.1, -0.05) is 19.8 Å². The minimum absolute atomic E-state index is 0.000380. The topological polar surface area (TPSA) is 59.3 Å². The Morgan fingerprint density at radius 1 is 1.03 bits per heavy atom. The number of halogens is 3. The van der Waals surface area contributed by atoms with Crippen molar-refractivity contribution >= 4 is 5.97 Å². The van der Waals surface area contributed by atoms with Gasteiger partial charge < -0.3 is 9.47 Å². The molecular formula is C22H20F3NO3. The molecular weight excluding hydrogens is 383 g/mol. The molecule has 1 aliphatic rings. The molecule has 0 radical (unpaired) electrons. The highest BCUT2D eigenvalue weighted by atomic mass is 19.1. The van der Waals surface area contributed by atoms with E-state index in [1.165, 1.54) is 0 Å². The van der Waals surface area contributed by atoms with Gasteiger partial charge in [-0.2, -0.15) is 5.26 Å². The molecule has 0 heterocycles. The van der Waals surface area contributed by atoms with E-state index in [4.69, 9.17) is 14.7 Å². The van der Waals surface area contributed by atoms with Crippen molar-refractivity contribution in [1.82, 2.24) is 0 Å². The molecule has 3 rings (SSSR count). The number of hydrogen-bond donors (Lipinski definition) is 0. The Labute approximate surface area is 166 Å². The number of nitriles is 1. The summed E-state index contributed by atoms with van der Waals surface area (Å²) in [6.45, 7) is 2.56. The van der Waals surface area contributed by atoms with E-state index < -0.39 is 29.0 Å². The van der Waals surface area contributed by atoms with E-state index in [9.17, 15) is 18.0 Å². The minimum Gasteiger partial charge on any atom is -0.493 e. The number of ether oxygens (including phenoxy) is 2. The normalized spacial score (nSPS) is 18.7. The lowest BCUT2D eigenvalue weighted by Gasteiger charge is -2.26. The van der Waals surface area contributed by atoms with Crippen molar-refractivity contribution in [3.63, 3.8) is 0 Å². The summed E-state index contributed by atoms with van der Waals surface area (Å²) in [4.78, 5) is 12.1. The Bertz CT molecular complexity index is 924. The number of carbonyl (C=O) groups is 1. The quantitative estimate of drug-likeness (QED) is 0.495. The predicted molar refractivity (Wildman–Crippen MR) is 99.0 cm³/mol. The summed E-state index contributed by atoms with van der Waals surface area (Å²) < 4.78 is 52.6. The number of benzene rings is 2. The number of esters is 1. The van der Waals surface area contributed by atoms with E-state index in [-0.39, 0.29) is 17.1 Å². The molecule has 7 heteroatoms. The highest BCUT2D eigenvalue weighted by Gasteiger charge is 2.23. The third-order valence-corrected chi connectivity index (χ3v) is 5.11. The molecule has 2 aromatic rings. The van der Waals surface area contributed by atoms with Crippen LogP contribution in [0.2, 0.25) is 0 Å². The predicted octanol–water partition coefficient (Wildman–Crippen LogP) is 5.40. The third-order valence-electron chi connectivity index (χ3n) is 5.11. The Hall–Kier alpha value is -3.01. The van der Waals surface area contributed by atoms with Crippen LogP contribution in [0.25, 0.3) is 0 Å². The van der Waals surface area contributed by atoms with Crippen molar-refractivity contribution in [2.45, 2.75) is 32.6 Å². The minimum atomic E-state index is -1.31. The Balaban J connectivity index is 1.67. The first-order valence-corrected chi connectivity index (χ1v) is 9.41. The molecule has 0 aromatic heterocycles. The first-order chi connectivity index (χ1) is 13.9. The average Bonchev–Trinajstić information content (AvgIpc) is 2.67. The lowest BCUT2D eigenvalue weighted by molar-refractivity contribution is 0.0724. The molecule has 0 spiro atoms. The number of carbonyl (C=O) groups excluding carboxylic acids is 1. The van der Waals surface area contributed by atoms with E-state index in [0.29, 0.717) is 18.4 Å². The highest BCUT2D eigenvalue weighted by Crippen LogP contribution is 2.29. The second-order valence-corrected chi connectivity index (χ2v) is 7.34. The molecule has 0 bridgehead atoms. The van der Waals surface area contributed by atoms with Crippen LogP contribution in [0.5, 0.6) is 11.5 Å². The van der Waals surface area contributed by atoms with E-state index in [1.807, 2.05) is 0 Å². The molecule has 1 aliphatic carbocycles. The van der Waals surface area contributed by atoms with Gasteiger partial charge in [0.1, 0.15) is 40.6 Å². The molecule has 0 aliphatic heterocycles. The van der Waals surface area contributed by atoms with Gasteiger partial charge in [0.15, 0.2) is 0 Å². The summed E-state index contributed by atoms with van der Waals surface area (Å²) >= 11 is 0. The monoisotopic (exact) mass is 403 g/mol. The second-order valence-electron chi connectivity index (χ2n) is 7.34. The standard InChI is InChI=1S/C22H20F3NO3/c1-13-2-4-14(5-3-13)12-28-17-9-19(24)21(20(25)10-17)22(27)29-16-7-6-15(11-26)18(23)8-16/h6-10,13-14H,2-5,12H2,1H3. The van der Waals surface area contributed by atoms with Gasteiger partial charge in [0.25, 0.3) is 0 Å². The van der Waals surface area contributed by atoms with Crippen molar-refractivity contribution in [2.75, 3.05) is 6.61 Å². The summed E-state index contributed by atoms with van der Waals surface area (Å²) in [7, 11) is 0. The molecule has 0 saturated heterocycles. The second kappa shape index (κ2) is 8.99. The SMILES string of the molecule is CC1CCC(COc2cc(F)c(C(=O)Oc3ccc(C#N)c(F)c3)c(F)c2)CC1. The van der Waals surface area contributed by atoms with Crippen molar-refractivity contribution in [2.24, 2.45) is 11.8 Å². The van der Waals surface area contributed by atoms with Gasteiger partial charge in [0.2, 0.25) is 0 Å². The van der Waals surface area contributed by atoms with E-state index >= 15 is 0 Å². The van der Waals surface area contributed by atoms with Crippen LogP contribution in [-0.4, -0.2) is 12.6 Å². The lowest BCUT2D eigenvalue weighted by Crippen LogP contribution is -2.19. The first-order valence-electron chi connectivity index (χ1n) is 9.41. The van der Waals surface area contributed by atoms with Crippen LogP contribution in [-0.2, 0) is 0 Å². The van der Waals surface area contributed by atoms with Gasteiger partial charge in [-0.3, -0.25) is 0 Å². The largest absolute Gasteiger partial charge is 0.493 e. The zero-order valence-electron chi connectivity index (χ0n) is 15.9. The molecule has 0 amide bonds. The zero-order valence-corrected chi connectivity index (χ0v) is 15.9. The summed E-state index contributed by atoms with van der Waals surface area (Å²) in [6.07, 6.45) is 4.24. The van der Waals surface area contributed by atoms with Crippen LogP contribution in [0.15, 0.2) is 30.3 Å². The Kier molecular flexibility index (Phi) is 6.42. The maximum Gasteiger partial charge on any atom is 0.349 e. The maximum atomic E-state index is 14.3. The van der Waals surface area contributed by atoms with E-state index in [1.54, 1.807) is 6.07 Å². The zero-order chi connectivity index (χ0) is 21.0. The van der Waals surface area contributed by atoms with Gasteiger partial charge in [-0.25, -0.2) is 18.0 Å². The summed E-state index contributed by atoms with van der Waals surface area (Å²) in [5.74, 6) is -3.70. The molecule has 0 atom stereocenters. The van der Waals surface area contributed by atoms with Gasteiger partial charge in [0, 0.05) is 18.2 Å². The van der Waals surface area contributed by atoms with Crippen LogP contribution < -0.4 is 9.47 Å². The summed E-state index contributed by atoms with van der Waals surface area (Å²) in [5.41, 5.74) is -1.13. The fraction of sp³-hybridized carbons (Fsp3) is 0.364. The summed E-state index contributed by atoms with van der Waals surface area (Å²) in [6, 6.07) is 6.56. The first kappa shape index (κ1) is 20.7. The van der Waals surface area contributed by atoms with Gasteiger partial charge in [0.05, 0.1) is 12.2 Å². The number of rotatable bonds is 5. The molecule has 0 N–H and O–H groups in total. The van der Waals surface area contributed by atoms with Gasteiger partial charge in [-0.05, 0) is 36.8 Å². The molecule has 2 aromatic carbocycles. The third kappa shape index (κ3) is 5.08. The van der Waals surface area contributed by atoms with Crippen molar-refractivity contribution in [1.29, 1.82) is 5.26 Å². The van der Waals surface area contributed by atoms with Gasteiger partial charge >= 0.3 is 5.97 Å². The number of nitrogens with zero attached hydrogens (tertiary/aromatic N) is 1. The van der Waals surface area contributed by atoms with E-state index in [2.05, 4.69) is 6.92 Å². The van der Waals surface area contributed by atoms with E-state index in [0.717, 1.165) is 56.0 Å². The molecule has 29 heavy (non-hydrogen) atoms. The summed E-state index contributed by atoms with van der Waals surface area (Å²) in [5, 5.41) is 8.70. The van der Waals surface area contributed by atoms with Crippen LogP contribution in [0, 0.1) is 40.6 Å². The molecule has 4 nitrogen and oxygen atoms in total. The smallest absolute Gasteiger partial charge is 0.349 e. The van der Waals surface area contributed by atoms with Crippen LogP contribution in [0.4, 0.5) is 13.2 Å². The fourth-order valence-corrected chi connectivity index (χ4v) is 3.35. The maximum absolute atomic E-state index is 14.3. The molecule has 0 unspecified atom stereocenters. The van der Waals surface area contributed by atoms with Crippen LogP contribution in [0.1, 0.15) is 48.5 Å². The highest BCUT2D eigenvalue weighted by molar-refractivity contribution is 5.91. The van der Waals surface area contributed by atoms with Crippen molar-refractivity contribution < 1.29 is 27.4 Å². The Morgan fingerprint density at radius 3 is 2.24 bits per heavy atom. The lowest BCUT2D eigenvalue weighted by atomic mass is 9.83.